The molecule has 0 amide bonds. The third-order valence-electron chi connectivity index (χ3n) is 3.60. The maximum Gasteiger partial charge on any atom is 0.0207 e. The summed E-state index contributed by atoms with van der Waals surface area (Å²) in [6.07, 6.45) is 9.78. The number of nitrogens with one attached hydrogen (secondary N) is 1. The van der Waals surface area contributed by atoms with Gasteiger partial charge in [0.05, 0.1) is 0 Å². The fourth-order valence-corrected chi connectivity index (χ4v) is 2.42. The monoisotopic (exact) mass is 219 g/mol. The van der Waals surface area contributed by atoms with Crippen LogP contribution in [0, 0.1) is 11.8 Å². The highest BCUT2D eigenvalue weighted by molar-refractivity contribution is 5.22. The van der Waals surface area contributed by atoms with Crippen LogP contribution in [0.1, 0.15) is 33.1 Å². The van der Waals surface area contributed by atoms with Gasteiger partial charge in [0.25, 0.3) is 0 Å². The van der Waals surface area contributed by atoms with Crippen LogP contribution in [0.25, 0.3) is 0 Å². The lowest BCUT2D eigenvalue weighted by atomic mass is 9.94. The molecule has 0 aliphatic heterocycles. The lowest BCUT2D eigenvalue weighted by Crippen LogP contribution is -2.28. The highest BCUT2D eigenvalue weighted by atomic mass is 14.9. The second-order valence-electron chi connectivity index (χ2n) is 5.08. The Morgan fingerprint density at radius 1 is 1.38 bits per heavy atom. The summed E-state index contributed by atoms with van der Waals surface area (Å²) in [5.74, 6) is 1.74. The van der Waals surface area contributed by atoms with E-state index in [9.17, 15) is 0 Å². The van der Waals surface area contributed by atoms with E-state index in [0.717, 1.165) is 18.4 Å². The Balaban J connectivity index is 2.32. The third kappa shape index (κ3) is 3.97. The molecule has 0 radical (unpaired) electrons. The van der Waals surface area contributed by atoms with Crippen molar-refractivity contribution >= 4 is 0 Å². The molecule has 1 heteroatoms. The zero-order chi connectivity index (χ0) is 12.0. The first-order valence-electron chi connectivity index (χ1n) is 6.34. The van der Waals surface area contributed by atoms with Crippen LogP contribution in [0.5, 0.6) is 0 Å². The summed E-state index contributed by atoms with van der Waals surface area (Å²) in [5, 5.41) is 3.61. The molecule has 90 valence electrons. The van der Waals surface area contributed by atoms with Gasteiger partial charge in [0.2, 0.25) is 0 Å². The van der Waals surface area contributed by atoms with E-state index in [1.807, 2.05) is 18.2 Å². The van der Waals surface area contributed by atoms with Crippen molar-refractivity contribution in [3.05, 3.63) is 37.0 Å². The largest absolute Gasteiger partial charge is 0.310 e. The molecule has 1 fully saturated rings. The molecule has 1 rings (SSSR count). The van der Waals surface area contributed by atoms with E-state index >= 15 is 0 Å². The van der Waals surface area contributed by atoms with Gasteiger partial charge >= 0.3 is 0 Å². The first-order chi connectivity index (χ1) is 7.67. The van der Waals surface area contributed by atoms with Gasteiger partial charge in [-0.05, 0) is 36.7 Å². The van der Waals surface area contributed by atoms with Gasteiger partial charge in [0.1, 0.15) is 0 Å². The van der Waals surface area contributed by atoms with Crippen LogP contribution in [-0.2, 0) is 0 Å². The SMILES string of the molecule is C=C/C=C(\C=C)CN[C@H]1CC[C@@H](C(C)C)C1. The van der Waals surface area contributed by atoms with E-state index in [1.165, 1.54) is 24.8 Å². The molecule has 0 heterocycles. The highest BCUT2D eigenvalue weighted by Crippen LogP contribution is 2.31. The minimum Gasteiger partial charge on any atom is -0.310 e. The van der Waals surface area contributed by atoms with Crippen molar-refractivity contribution in [3.63, 3.8) is 0 Å². The predicted octanol–water partition coefficient (Wildman–Crippen LogP) is 3.70. The minimum absolute atomic E-state index is 0.695. The van der Waals surface area contributed by atoms with Crippen molar-refractivity contribution in [1.29, 1.82) is 0 Å². The Hall–Kier alpha value is -0.820. The van der Waals surface area contributed by atoms with Crippen LogP contribution in [0.4, 0.5) is 0 Å². The van der Waals surface area contributed by atoms with Crippen molar-refractivity contribution in [2.75, 3.05) is 6.54 Å². The smallest absolute Gasteiger partial charge is 0.0207 e. The number of hydrogen-bond acceptors (Lipinski definition) is 1. The van der Waals surface area contributed by atoms with Crippen LogP contribution in [0.3, 0.4) is 0 Å². The molecule has 1 aliphatic rings. The maximum absolute atomic E-state index is 3.81. The molecule has 0 aromatic heterocycles. The summed E-state index contributed by atoms with van der Waals surface area (Å²) in [7, 11) is 0. The van der Waals surface area contributed by atoms with E-state index in [-0.39, 0.29) is 0 Å². The Morgan fingerprint density at radius 2 is 2.12 bits per heavy atom. The van der Waals surface area contributed by atoms with Crippen molar-refractivity contribution < 1.29 is 0 Å². The zero-order valence-corrected chi connectivity index (χ0v) is 10.7. The molecule has 0 aromatic carbocycles. The lowest BCUT2D eigenvalue weighted by molar-refractivity contribution is 0.383. The predicted molar refractivity (Wildman–Crippen MR) is 72.4 cm³/mol. The summed E-state index contributed by atoms with van der Waals surface area (Å²) in [4.78, 5) is 0. The summed E-state index contributed by atoms with van der Waals surface area (Å²) in [6, 6.07) is 0.695. The van der Waals surface area contributed by atoms with Crippen molar-refractivity contribution in [1.82, 2.24) is 5.32 Å². The maximum atomic E-state index is 3.81. The van der Waals surface area contributed by atoms with Gasteiger partial charge in [0, 0.05) is 12.6 Å². The third-order valence-corrected chi connectivity index (χ3v) is 3.60. The first kappa shape index (κ1) is 13.2. The molecular weight excluding hydrogens is 194 g/mol. The molecule has 1 aliphatic carbocycles. The van der Waals surface area contributed by atoms with Crippen LogP contribution < -0.4 is 5.32 Å². The van der Waals surface area contributed by atoms with E-state index in [2.05, 4.69) is 32.3 Å². The molecule has 0 aromatic rings. The minimum atomic E-state index is 0.695. The summed E-state index contributed by atoms with van der Waals surface area (Å²) < 4.78 is 0. The fraction of sp³-hybridized carbons (Fsp3) is 0.600. The first-order valence-corrected chi connectivity index (χ1v) is 6.34. The average Bonchev–Trinajstić information content (AvgIpc) is 2.73. The second-order valence-corrected chi connectivity index (χ2v) is 5.08. The van der Waals surface area contributed by atoms with Gasteiger partial charge in [-0.15, -0.1) is 0 Å². The highest BCUT2D eigenvalue weighted by Gasteiger charge is 2.26. The fourth-order valence-electron chi connectivity index (χ4n) is 2.42. The number of hydrogen-bond donors (Lipinski definition) is 1. The second kappa shape index (κ2) is 6.70. The molecule has 0 bridgehead atoms. The van der Waals surface area contributed by atoms with Crippen LogP contribution >= 0.6 is 0 Å². The van der Waals surface area contributed by atoms with Crippen molar-refractivity contribution in [2.45, 2.75) is 39.2 Å². The number of rotatable bonds is 6. The topological polar surface area (TPSA) is 12.0 Å². The molecule has 0 spiro atoms. The molecule has 2 atom stereocenters. The van der Waals surface area contributed by atoms with E-state index in [0.29, 0.717) is 6.04 Å². The van der Waals surface area contributed by atoms with Gasteiger partial charge in [0.15, 0.2) is 0 Å². The lowest BCUT2D eigenvalue weighted by Gasteiger charge is -2.16. The molecular formula is C15H25N. The van der Waals surface area contributed by atoms with Crippen LogP contribution in [-0.4, -0.2) is 12.6 Å². The van der Waals surface area contributed by atoms with Gasteiger partial charge in [-0.1, -0.05) is 45.2 Å². The van der Waals surface area contributed by atoms with Crippen molar-refractivity contribution in [2.24, 2.45) is 11.8 Å². The van der Waals surface area contributed by atoms with E-state index < -0.39 is 0 Å². The van der Waals surface area contributed by atoms with Gasteiger partial charge in [-0.25, -0.2) is 0 Å². The zero-order valence-electron chi connectivity index (χ0n) is 10.7. The quantitative estimate of drug-likeness (QED) is 0.672. The molecule has 0 saturated heterocycles. The Morgan fingerprint density at radius 3 is 2.62 bits per heavy atom. The van der Waals surface area contributed by atoms with Crippen LogP contribution in [0.2, 0.25) is 0 Å². The molecule has 16 heavy (non-hydrogen) atoms. The van der Waals surface area contributed by atoms with Gasteiger partial charge in [-0.2, -0.15) is 0 Å². The van der Waals surface area contributed by atoms with Gasteiger partial charge in [-0.3, -0.25) is 0 Å². The normalized spacial score (nSPS) is 26.1. The summed E-state index contributed by atoms with van der Waals surface area (Å²) in [6.45, 7) is 13.1. The molecule has 0 unspecified atom stereocenters. The summed E-state index contributed by atoms with van der Waals surface area (Å²) in [5.41, 5.74) is 1.22. The Kier molecular flexibility index (Phi) is 5.54. The van der Waals surface area contributed by atoms with Crippen molar-refractivity contribution in [3.8, 4) is 0 Å². The Labute approximate surface area is 100 Å². The average molecular weight is 219 g/mol. The Bertz CT molecular complexity index is 263. The van der Waals surface area contributed by atoms with Crippen LogP contribution in [0.15, 0.2) is 37.0 Å². The summed E-state index contributed by atoms with van der Waals surface area (Å²) >= 11 is 0. The van der Waals surface area contributed by atoms with E-state index in [4.69, 9.17) is 0 Å². The molecule has 1 nitrogen and oxygen atoms in total. The van der Waals surface area contributed by atoms with E-state index in [1.54, 1.807) is 0 Å². The number of allylic oxidation sites excluding steroid dienone is 2. The molecule has 1 saturated carbocycles. The van der Waals surface area contributed by atoms with Gasteiger partial charge < -0.3 is 5.32 Å². The standard InChI is InChI=1S/C15H25N/c1-5-7-13(6-2)11-16-15-9-8-14(10-15)12(3)4/h5-7,12,14-16H,1-2,8-11H2,3-4H3/b13-7+/t14-,15+/m1/s1. The molecule has 1 N–H and O–H groups in total.